The van der Waals surface area contributed by atoms with Crippen LogP contribution in [0.3, 0.4) is 0 Å². The van der Waals surface area contributed by atoms with Crippen molar-refractivity contribution in [2.24, 2.45) is 11.8 Å². The third-order valence-electron chi connectivity index (χ3n) is 2.12. The Hall–Kier alpha value is 0.310. The van der Waals surface area contributed by atoms with E-state index in [9.17, 15) is 5.11 Å². The molecule has 0 aromatic rings. The fraction of sp³-hybridized carbons (Fsp3) is 1.00. The highest BCUT2D eigenvalue weighted by Gasteiger charge is 2.32. The van der Waals surface area contributed by atoms with Gasteiger partial charge < -0.3 is 5.11 Å². The first-order valence-electron chi connectivity index (χ1n) is 3.92. The lowest BCUT2D eigenvalue weighted by Crippen LogP contribution is -2.21. The van der Waals surface area contributed by atoms with Crippen LogP contribution in [0.1, 0.15) is 19.8 Å². The van der Waals surface area contributed by atoms with Crippen molar-refractivity contribution in [3.05, 3.63) is 0 Å². The fourth-order valence-corrected chi connectivity index (χ4v) is 1.99. The largest absolute Gasteiger partial charge is 0.393 e. The van der Waals surface area contributed by atoms with Gasteiger partial charge >= 0.3 is 0 Å². The Balaban J connectivity index is 2.17. The second-order valence-electron chi connectivity index (χ2n) is 3.26. The molecule has 10 heavy (non-hydrogen) atoms. The van der Waals surface area contributed by atoms with E-state index in [1.165, 1.54) is 12.8 Å². The van der Waals surface area contributed by atoms with E-state index in [-0.39, 0.29) is 6.10 Å². The van der Waals surface area contributed by atoms with Gasteiger partial charge in [-0.25, -0.2) is 0 Å². The maximum atomic E-state index is 9.58. The molecule has 2 heteroatoms. The van der Waals surface area contributed by atoms with Crippen LogP contribution in [0.4, 0.5) is 0 Å². The van der Waals surface area contributed by atoms with Crippen LogP contribution in [-0.2, 0) is 0 Å². The topological polar surface area (TPSA) is 20.2 Å². The predicted octanol–water partition coefficient (Wildman–Crippen LogP) is 1.76. The molecule has 0 bridgehead atoms. The molecule has 1 nitrogen and oxygen atoms in total. The fourth-order valence-electron chi connectivity index (χ4n) is 1.26. The third-order valence-corrected chi connectivity index (χ3v) is 2.98. The van der Waals surface area contributed by atoms with Gasteiger partial charge in [-0.15, -0.1) is 0 Å². The lowest BCUT2D eigenvalue weighted by atomic mass is 10.0. The van der Waals surface area contributed by atoms with E-state index in [1.54, 1.807) is 0 Å². The monoisotopic (exact) mass is 160 g/mol. The van der Waals surface area contributed by atoms with Gasteiger partial charge in [-0.1, -0.05) is 6.92 Å². The number of aliphatic hydroxyl groups is 1. The summed E-state index contributed by atoms with van der Waals surface area (Å²) >= 11 is 1.82. The average molecular weight is 160 g/mol. The van der Waals surface area contributed by atoms with Crippen LogP contribution in [0.2, 0.25) is 0 Å². The van der Waals surface area contributed by atoms with E-state index < -0.39 is 0 Å². The summed E-state index contributed by atoms with van der Waals surface area (Å²) < 4.78 is 0. The minimum absolute atomic E-state index is 0.0209. The first-order chi connectivity index (χ1) is 4.75. The Labute approximate surface area is 67.2 Å². The van der Waals surface area contributed by atoms with Crippen molar-refractivity contribution >= 4 is 11.8 Å². The maximum absolute atomic E-state index is 9.58. The lowest BCUT2D eigenvalue weighted by Gasteiger charge is -2.16. The molecule has 1 rings (SSSR count). The van der Waals surface area contributed by atoms with Gasteiger partial charge in [-0.3, -0.25) is 0 Å². The summed E-state index contributed by atoms with van der Waals surface area (Å²) in [6.45, 7) is 2.14. The van der Waals surface area contributed by atoms with Gasteiger partial charge in [0, 0.05) is 0 Å². The summed E-state index contributed by atoms with van der Waals surface area (Å²) in [6.07, 6.45) is 4.57. The highest BCUT2D eigenvalue weighted by Crippen LogP contribution is 2.36. The molecule has 0 aromatic carbocycles. The Kier molecular flexibility index (Phi) is 3.05. The molecule has 0 heterocycles. The van der Waals surface area contributed by atoms with Crippen LogP contribution in [-0.4, -0.2) is 23.2 Å². The SMILES string of the molecule is CSCC(C)C(O)C1CC1. The molecule has 0 aromatic heterocycles. The second kappa shape index (κ2) is 3.63. The molecule has 2 unspecified atom stereocenters. The van der Waals surface area contributed by atoms with Crippen LogP contribution in [0.15, 0.2) is 0 Å². The van der Waals surface area contributed by atoms with Crippen molar-refractivity contribution in [1.82, 2.24) is 0 Å². The van der Waals surface area contributed by atoms with Crippen molar-refractivity contribution in [3.63, 3.8) is 0 Å². The Morgan fingerprint density at radius 1 is 1.60 bits per heavy atom. The predicted molar refractivity (Wildman–Crippen MR) is 46.3 cm³/mol. The molecule has 1 aliphatic carbocycles. The van der Waals surface area contributed by atoms with Crippen molar-refractivity contribution < 1.29 is 5.11 Å². The molecular formula is C8H16OS. The number of rotatable bonds is 4. The van der Waals surface area contributed by atoms with Crippen LogP contribution in [0, 0.1) is 11.8 Å². The number of hydrogen-bond donors (Lipinski definition) is 1. The summed E-state index contributed by atoms with van der Waals surface area (Å²) in [6, 6.07) is 0. The van der Waals surface area contributed by atoms with E-state index in [1.807, 2.05) is 11.8 Å². The highest BCUT2D eigenvalue weighted by atomic mass is 32.2. The normalized spacial score (nSPS) is 24.3. The van der Waals surface area contributed by atoms with Gasteiger partial charge in [-0.2, -0.15) is 11.8 Å². The molecule has 0 radical (unpaired) electrons. The molecule has 1 N–H and O–H groups in total. The zero-order chi connectivity index (χ0) is 7.56. The Bertz CT molecular complexity index is 101. The summed E-state index contributed by atoms with van der Waals surface area (Å²) in [4.78, 5) is 0. The zero-order valence-electron chi connectivity index (χ0n) is 6.71. The maximum Gasteiger partial charge on any atom is 0.0601 e. The molecule has 1 fully saturated rings. The Morgan fingerprint density at radius 2 is 2.20 bits per heavy atom. The number of aliphatic hydroxyl groups excluding tert-OH is 1. The quantitative estimate of drug-likeness (QED) is 0.676. The lowest BCUT2D eigenvalue weighted by molar-refractivity contribution is 0.105. The van der Waals surface area contributed by atoms with Crippen molar-refractivity contribution in [2.45, 2.75) is 25.9 Å². The van der Waals surface area contributed by atoms with Crippen LogP contribution < -0.4 is 0 Å². The molecule has 60 valence electrons. The van der Waals surface area contributed by atoms with Gasteiger partial charge in [0.15, 0.2) is 0 Å². The first-order valence-corrected chi connectivity index (χ1v) is 5.32. The van der Waals surface area contributed by atoms with Crippen molar-refractivity contribution in [1.29, 1.82) is 0 Å². The van der Waals surface area contributed by atoms with E-state index in [2.05, 4.69) is 13.2 Å². The number of hydrogen-bond acceptors (Lipinski definition) is 2. The highest BCUT2D eigenvalue weighted by molar-refractivity contribution is 7.98. The molecule has 0 amide bonds. The standard InChI is InChI=1S/C8H16OS/c1-6(5-10-2)8(9)7-3-4-7/h6-9H,3-5H2,1-2H3. The molecule has 0 aliphatic heterocycles. The van der Waals surface area contributed by atoms with Crippen molar-refractivity contribution in [2.75, 3.05) is 12.0 Å². The molecule has 1 aliphatic rings. The van der Waals surface area contributed by atoms with E-state index in [4.69, 9.17) is 0 Å². The second-order valence-corrected chi connectivity index (χ2v) is 4.17. The van der Waals surface area contributed by atoms with Gasteiger partial charge in [-0.05, 0) is 36.7 Å². The molecule has 2 atom stereocenters. The molecule has 0 spiro atoms. The van der Waals surface area contributed by atoms with E-state index in [0.717, 1.165) is 5.75 Å². The van der Waals surface area contributed by atoms with E-state index in [0.29, 0.717) is 11.8 Å². The average Bonchev–Trinajstić information content (AvgIpc) is 2.68. The Morgan fingerprint density at radius 3 is 2.60 bits per heavy atom. The van der Waals surface area contributed by atoms with Crippen LogP contribution in [0.25, 0.3) is 0 Å². The summed E-state index contributed by atoms with van der Waals surface area (Å²) in [5, 5.41) is 9.58. The smallest absolute Gasteiger partial charge is 0.0601 e. The van der Waals surface area contributed by atoms with Crippen molar-refractivity contribution in [3.8, 4) is 0 Å². The third kappa shape index (κ3) is 2.17. The molecule has 1 saturated carbocycles. The zero-order valence-corrected chi connectivity index (χ0v) is 7.53. The summed E-state index contributed by atoms with van der Waals surface area (Å²) in [7, 11) is 0. The molecular weight excluding hydrogens is 144 g/mol. The van der Waals surface area contributed by atoms with Gasteiger partial charge in [0.1, 0.15) is 0 Å². The van der Waals surface area contributed by atoms with Gasteiger partial charge in [0.2, 0.25) is 0 Å². The minimum atomic E-state index is -0.0209. The van der Waals surface area contributed by atoms with E-state index >= 15 is 0 Å². The summed E-state index contributed by atoms with van der Waals surface area (Å²) in [5.74, 6) is 2.22. The summed E-state index contributed by atoms with van der Waals surface area (Å²) in [5.41, 5.74) is 0. The van der Waals surface area contributed by atoms with Gasteiger partial charge in [0.05, 0.1) is 6.10 Å². The number of thioether (sulfide) groups is 1. The minimum Gasteiger partial charge on any atom is -0.393 e. The van der Waals surface area contributed by atoms with Crippen LogP contribution >= 0.6 is 11.8 Å². The first kappa shape index (κ1) is 8.41. The van der Waals surface area contributed by atoms with Crippen LogP contribution in [0.5, 0.6) is 0 Å². The van der Waals surface area contributed by atoms with Gasteiger partial charge in [0.25, 0.3) is 0 Å². The molecule has 0 saturated heterocycles.